The van der Waals surface area contributed by atoms with Gasteiger partial charge in [-0.3, -0.25) is 4.90 Å². The Hall–Kier alpha value is -1.72. The summed E-state index contributed by atoms with van der Waals surface area (Å²) < 4.78 is 24.7. The van der Waals surface area contributed by atoms with E-state index < -0.39 is 9.84 Å². The summed E-state index contributed by atoms with van der Waals surface area (Å²) in [7, 11) is -2.87. The minimum absolute atomic E-state index is 0.0266. The van der Waals surface area contributed by atoms with Gasteiger partial charge in [0.15, 0.2) is 9.84 Å². The summed E-state index contributed by atoms with van der Waals surface area (Å²) in [5.74, 6) is 0.932. The third-order valence-corrected chi connectivity index (χ3v) is 7.42. The van der Waals surface area contributed by atoms with Gasteiger partial charge in [0.05, 0.1) is 11.5 Å². The first kappa shape index (κ1) is 16.7. The van der Waals surface area contributed by atoms with Gasteiger partial charge in [0.25, 0.3) is 4.96 Å². The highest BCUT2D eigenvalue weighted by Crippen LogP contribution is 2.33. The Balaban J connectivity index is 1.46. The molecule has 0 N–H and O–H groups in total. The molecule has 0 amide bonds. The van der Waals surface area contributed by atoms with Gasteiger partial charge in [-0.25, -0.2) is 8.42 Å². The van der Waals surface area contributed by atoms with Crippen molar-refractivity contribution in [3.63, 3.8) is 0 Å². The van der Waals surface area contributed by atoms with Crippen LogP contribution < -0.4 is 4.90 Å². The number of aromatic nitrogens is 2. The Labute approximate surface area is 148 Å². The van der Waals surface area contributed by atoms with Gasteiger partial charge in [-0.05, 0) is 17.8 Å². The molecule has 0 unspecified atom stereocenters. The molecule has 0 radical (unpaired) electrons. The highest BCUT2D eigenvalue weighted by molar-refractivity contribution is 7.91. The Kier molecular flexibility index (Phi) is 4.16. The van der Waals surface area contributed by atoms with Gasteiger partial charge in [0, 0.05) is 37.6 Å². The second-order valence-electron chi connectivity index (χ2n) is 6.48. The number of imidazole rings is 1. The number of nitro groups is 1. The zero-order valence-electron chi connectivity index (χ0n) is 13.6. The minimum Gasteiger partial charge on any atom is -0.358 e. The molecule has 11 heteroatoms. The van der Waals surface area contributed by atoms with Crippen LogP contribution in [0.2, 0.25) is 0 Å². The molecule has 2 aliphatic heterocycles. The standard InChI is InChI=1S/C14H19N5O4S2/c20-19(21)13-12(15-14-18(13)5-8-24-14)17-3-1-11(2-4-17)16-6-9-25(22,23)10-7-16/h5,8,11H,1-4,6-7,9-10H2. The van der Waals surface area contributed by atoms with E-state index in [0.29, 0.717) is 43.0 Å². The summed E-state index contributed by atoms with van der Waals surface area (Å²) in [6.45, 7) is 2.57. The molecule has 2 fully saturated rings. The van der Waals surface area contributed by atoms with Crippen LogP contribution in [-0.2, 0) is 9.84 Å². The molecule has 0 atom stereocenters. The Morgan fingerprint density at radius 3 is 2.52 bits per heavy atom. The second kappa shape index (κ2) is 6.22. The van der Waals surface area contributed by atoms with E-state index in [-0.39, 0.29) is 22.2 Å². The van der Waals surface area contributed by atoms with E-state index in [1.807, 2.05) is 4.90 Å². The molecule has 2 aromatic heterocycles. The number of hydrogen-bond donors (Lipinski definition) is 0. The summed E-state index contributed by atoms with van der Waals surface area (Å²) in [6.07, 6.45) is 3.40. The largest absolute Gasteiger partial charge is 0.373 e. The summed E-state index contributed by atoms with van der Waals surface area (Å²) in [6, 6.07) is 0.342. The topological polar surface area (TPSA) is 101 Å². The van der Waals surface area contributed by atoms with E-state index in [9.17, 15) is 18.5 Å². The van der Waals surface area contributed by atoms with Crippen molar-refractivity contribution in [1.29, 1.82) is 0 Å². The van der Waals surface area contributed by atoms with E-state index in [1.54, 1.807) is 11.6 Å². The van der Waals surface area contributed by atoms with Crippen molar-refractivity contribution in [2.75, 3.05) is 42.6 Å². The minimum atomic E-state index is -2.87. The third kappa shape index (κ3) is 3.11. The first-order valence-electron chi connectivity index (χ1n) is 8.24. The molecule has 0 aromatic carbocycles. The van der Waals surface area contributed by atoms with E-state index in [1.165, 1.54) is 15.7 Å². The average Bonchev–Trinajstić information content (AvgIpc) is 3.15. The second-order valence-corrected chi connectivity index (χ2v) is 9.65. The van der Waals surface area contributed by atoms with Crippen molar-refractivity contribution >= 4 is 37.8 Å². The lowest BCUT2D eigenvalue weighted by Crippen LogP contribution is -2.50. The number of hydrogen-bond acceptors (Lipinski definition) is 8. The number of sulfone groups is 1. The average molecular weight is 385 g/mol. The fourth-order valence-electron chi connectivity index (χ4n) is 3.68. The maximum atomic E-state index is 11.6. The molecule has 0 saturated carbocycles. The number of anilines is 1. The lowest BCUT2D eigenvalue weighted by Gasteiger charge is -2.39. The van der Waals surface area contributed by atoms with Crippen molar-refractivity contribution in [1.82, 2.24) is 14.3 Å². The van der Waals surface area contributed by atoms with Crippen LogP contribution in [0.4, 0.5) is 11.6 Å². The molecule has 4 rings (SSSR count). The summed E-state index contributed by atoms with van der Waals surface area (Å²) in [5, 5.41) is 13.3. The molecule has 0 bridgehead atoms. The van der Waals surface area contributed by atoms with Crippen LogP contribution in [0.15, 0.2) is 11.6 Å². The quantitative estimate of drug-likeness (QED) is 0.574. The molecule has 4 heterocycles. The maximum Gasteiger partial charge on any atom is 0.373 e. The third-order valence-electron chi connectivity index (χ3n) is 5.05. The van der Waals surface area contributed by atoms with E-state index in [2.05, 4.69) is 9.88 Å². The predicted molar refractivity (Wildman–Crippen MR) is 95.2 cm³/mol. The lowest BCUT2D eigenvalue weighted by molar-refractivity contribution is -0.389. The fraction of sp³-hybridized carbons (Fsp3) is 0.643. The van der Waals surface area contributed by atoms with E-state index >= 15 is 0 Å². The summed E-state index contributed by atoms with van der Waals surface area (Å²) >= 11 is 1.38. The number of piperidine rings is 1. The van der Waals surface area contributed by atoms with Gasteiger partial charge in [-0.2, -0.15) is 9.38 Å². The van der Waals surface area contributed by atoms with Gasteiger partial charge in [-0.1, -0.05) is 11.3 Å². The molecular weight excluding hydrogens is 366 g/mol. The molecule has 25 heavy (non-hydrogen) atoms. The van der Waals surface area contributed by atoms with Crippen LogP contribution in [0.5, 0.6) is 0 Å². The zero-order valence-corrected chi connectivity index (χ0v) is 15.2. The predicted octanol–water partition coefficient (Wildman–Crippen LogP) is 1.00. The molecular formula is C14H19N5O4S2. The molecule has 0 spiro atoms. The maximum absolute atomic E-state index is 11.6. The van der Waals surface area contributed by atoms with Crippen LogP contribution in [0, 0.1) is 10.1 Å². The normalized spacial score (nSPS) is 22.5. The fourth-order valence-corrected chi connectivity index (χ4v) is 5.61. The number of fused-ring (bicyclic) bond motifs is 1. The van der Waals surface area contributed by atoms with Crippen LogP contribution >= 0.6 is 11.3 Å². The van der Waals surface area contributed by atoms with Gasteiger partial charge < -0.3 is 15.0 Å². The van der Waals surface area contributed by atoms with Gasteiger partial charge in [0.1, 0.15) is 6.20 Å². The van der Waals surface area contributed by atoms with Crippen LogP contribution in [-0.4, -0.2) is 71.4 Å². The monoisotopic (exact) mass is 385 g/mol. The van der Waals surface area contributed by atoms with Crippen molar-refractivity contribution in [3.8, 4) is 0 Å². The van der Waals surface area contributed by atoms with Crippen molar-refractivity contribution in [3.05, 3.63) is 21.7 Å². The number of nitrogens with zero attached hydrogens (tertiary/aromatic N) is 5. The van der Waals surface area contributed by atoms with Gasteiger partial charge in [-0.15, -0.1) is 0 Å². The molecule has 136 valence electrons. The molecule has 2 saturated heterocycles. The van der Waals surface area contributed by atoms with Gasteiger partial charge >= 0.3 is 5.82 Å². The van der Waals surface area contributed by atoms with E-state index in [4.69, 9.17) is 0 Å². The van der Waals surface area contributed by atoms with Crippen LogP contribution in [0.25, 0.3) is 4.96 Å². The Bertz CT molecular complexity index is 884. The highest BCUT2D eigenvalue weighted by Gasteiger charge is 2.33. The first-order valence-corrected chi connectivity index (χ1v) is 10.9. The Morgan fingerprint density at radius 2 is 1.88 bits per heavy atom. The number of rotatable bonds is 3. The molecule has 9 nitrogen and oxygen atoms in total. The summed E-state index contributed by atoms with van der Waals surface area (Å²) in [4.78, 5) is 20.4. The molecule has 2 aromatic rings. The lowest BCUT2D eigenvalue weighted by atomic mass is 10.0. The highest BCUT2D eigenvalue weighted by atomic mass is 32.2. The smallest absolute Gasteiger partial charge is 0.358 e. The zero-order chi connectivity index (χ0) is 17.6. The van der Waals surface area contributed by atoms with Crippen LogP contribution in [0.1, 0.15) is 12.8 Å². The number of thiazole rings is 1. The van der Waals surface area contributed by atoms with E-state index in [0.717, 1.165) is 12.8 Å². The van der Waals surface area contributed by atoms with Gasteiger partial charge in [0.2, 0.25) is 5.82 Å². The Morgan fingerprint density at radius 1 is 1.20 bits per heavy atom. The molecule has 2 aliphatic rings. The van der Waals surface area contributed by atoms with Crippen molar-refractivity contribution in [2.45, 2.75) is 18.9 Å². The first-order chi connectivity index (χ1) is 11.9. The van der Waals surface area contributed by atoms with Crippen LogP contribution in [0.3, 0.4) is 0 Å². The summed E-state index contributed by atoms with van der Waals surface area (Å²) in [5.41, 5.74) is 0. The SMILES string of the molecule is O=[N+]([O-])c1c(N2CCC(N3CCS(=O)(=O)CC3)CC2)nc2sccn12. The van der Waals surface area contributed by atoms with Crippen molar-refractivity contribution in [2.24, 2.45) is 0 Å². The van der Waals surface area contributed by atoms with Crippen molar-refractivity contribution < 1.29 is 13.3 Å². The molecule has 0 aliphatic carbocycles.